The van der Waals surface area contributed by atoms with E-state index in [0.29, 0.717) is 35.3 Å². The molecule has 2 aliphatic rings. The Morgan fingerprint density at radius 3 is 2.58 bits per heavy atom. The summed E-state index contributed by atoms with van der Waals surface area (Å²) >= 11 is 0. The molecular formula is C19H24O5. The van der Waals surface area contributed by atoms with Gasteiger partial charge in [0, 0.05) is 6.42 Å². The number of fused-ring (bicyclic) bond motifs is 2. The number of esters is 1. The number of benzene rings is 1. The summed E-state index contributed by atoms with van der Waals surface area (Å²) in [7, 11) is 3.03. The molecule has 0 radical (unpaired) electrons. The molecule has 0 saturated heterocycles. The van der Waals surface area contributed by atoms with E-state index in [-0.39, 0.29) is 18.4 Å². The molecule has 3 unspecified atom stereocenters. The van der Waals surface area contributed by atoms with Crippen LogP contribution in [-0.4, -0.2) is 32.6 Å². The highest BCUT2D eigenvalue weighted by molar-refractivity contribution is 6.00. The molecule has 0 amide bonds. The van der Waals surface area contributed by atoms with Gasteiger partial charge in [0.1, 0.15) is 11.5 Å². The van der Waals surface area contributed by atoms with Crippen LogP contribution in [0.2, 0.25) is 0 Å². The minimum absolute atomic E-state index is 0.261. The maximum Gasteiger partial charge on any atom is 0.306 e. The summed E-state index contributed by atoms with van der Waals surface area (Å²) in [5, 5.41) is 0. The number of rotatable bonds is 7. The van der Waals surface area contributed by atoms with Gasteiger partial charge >= 0.3 is 5.97 Å². The lowest BCUT2D eigenvalue weighted by Gasteiger charge is -2.20. The minimum atomic E-state index is -0.285. The predicted octanol–water partition coefficient (Wildman–Crippen LogP) is 3.26. The van der Waals surface area contributed by atoms with Gasteiger partial charge in [0.05, 0.1) is 19.8 Å². The van der Waals surface area contributed by atoms with E-state index in [2.05, 4.69) is 0 Å². The average Bonchev–Trinajstić information content (AvgIpc) is 3.22. The molecule has 1 aromatic carbocycles. The molecule has 0 aromatic heterocycles. The van der Waals surface area contributed by atoms with Crippen LogP contribution < -0.4 is 9.47 Å². The Labute approximate surface area is 142 Å². The zero-order valence-corrected chi connectivity index (χ0v) is 14.2. The van der Waals surface area contributed by atoms with Gasteiger partial charge in [-0.05, 0) is 55.2 Å². The first kappa shape index (κ1) is 16.8. The number of methoxy groups -OCH3 is 2. The Bertz CT molecular complexity index is 624. The zero-order chi connectivity index (χ0) is 17.1. The molecular weight excluding hydrogens is 308 g/mol. The minimum Gasteiger partial charge on any atom is -0.497 e. The maximum atomic E-state index is 12.3. The number of hydrogen-bond acceptors (Lipinski definition) is 5. The SMILES string of the molecule is COc1ccc(OC)c(C(=O)COC(=O)CC2CC3CCC2C3)c1. The fraction of sp³-hybridized carbons (Fsp3) is 0.579. The monoisotopic (exact) mass is 332 g/mol. The van der Waals surface area contributed by atoms with E-state index >= 15 is 0 Å². The molecule has 3 atom stereocenters. The third-order valence-corrected chi connectivity index (χ3v) is 5.38. The lowest BCUT2D eigenvalue weighted by atomic mass is 9.86. The number of Topliss-reactive ketones (excluding diaryl/α,β-unsaturated/α-hetero) is 1. The van der Waals surface area contributed by atoms with Gasteiger partial charge in [-0.1, -0.05) is 6.42 Å². The summed E-state index contributed by atoms with van der Waals surface area (Å²) in [6, 6.07) is 4.99. The fourth-order valence-electron chi connectivity index (χ4n) is 4.16. The summed E-state index contributed by atoms with van der Waals surface area (Å²) in [6.07, 6.45) is 5.38. The molecule has 0 heterocycles. The van der Waals surface area contributed by atoms with Gasteiger partial charge in [-0.2, -0.15) is 0 Å². The standard InChI is InChI=1S/C19H24O5/c1-22-15-5-6-18(23-2)16(10-15)17(20)11-24-19(21)9-14-8-12-3-4-13(14)7-12/h5-6,10,12-14H,3-4,7-9,11H2,1-2H3. The molecule has 2 bridgehead atoms. The van der Waals surface area contributed by atoms with Crippen molar-refractivity contribution in [2.75, 3.05) is 20.8 Å². The molecule has 0 N–H and O–H groups in total. The van der Waals surface area contributed by atoms with Crippen molar-refractivity contribution in [1.82, 2.24) is 0 Å². The fourth-order valence-corrected chi connectivity index (χ4v) is 4.16. The topological polar surface area (TPSA) is 61.8 Å². The van der Waals surface area contributed by atoms with Crippen molar-refractivity contribution in [1.29, 1.82) is 0 Å². The Morgan fingerprint density at radius 2 is 1.96 bits per heavy atom. The Balaban J connectivity index is 1.54. The lowest BCUT2D eigenvalue weighted by molar-refractivity contribution is -0.144. The van der Waals surface area contributed by atoms with Crippen LogP contribution in [0.15, 0.2) is 18.2 Å². The Hall–Kier alpha value is -2.04. The molecule has 2 aliphatic carbocycles. The second-order valence-electron chi connectivity index (χ2n) is 6.79. The molecule has 24 heavy (non-hydrogen) atoms. The van der Waals surface area contributed by atoms with E-state index in [4.69, 9.17) is 14.2 Å². The summed E-state index contributed by atoms with van der Waals surface area (Å²) in [4.78, 5) is 24.4. The zero-order valence-electron chi connectivity index (χ0n) is 14.2. The van der Waals surface area contributed by atoms with Crippen molar-refractivity contribution in [3.8, 4) is 11.5 Å². The maximum absolute atomic E-state index is 12.3. The second kappa shape index (κ2) is 7.24. The number of hydrogen-bond donors (Lipinski definition) is 0. The van der Waals surface area contributed by atoms with Crippen LogP contribution in [0.3, 0.4) is 0 Å². The van der Waals surface area contributed by atoms with Gasteiger partial charge in [-0.3, -0.25) is 9.59 Å². The quantitative estimate of drug-likeness (QED) is 0.566. The molecule has 5 nitrogen and oxygen atoms in total. The summed E-state index contributed by atoms with van der Waals surface area (Å²) in [5.74, 6) is 2.37. The van der Waals surface area contributed by atoms with Crippen LogP contribution >= 0.6 is 0 Å². The van der Waals surface area contributed by atoms with Gasteiger partial charge < -0.3 is 14.2 Å². The van der Waals surface area contributed by atoms with Crippen LogP contribution in [-0.2, 0) is 9.53 Å². The highest BCUT2D eigenvalue weighted by Crippen LogP contribution is 2.49. The highest BCUT2D eigenvalue weighted by Gasteiger charge is 2.40. The van der Waals surface area contributed by atoms with Crippen LogP contribution in [0.1, 0.15) is 42.5 Å². The van der Waals surface area contributed by atoms with Crippen LogP contribution in [0.5, 0.6) is 11.5 Å². The Kier molecular flexibility index (Phi) is 5.07. The van der Waals surface area contributed by atoms with Crippen LogP contribution in [0.4, 0.5) is 0 Å². The Morgan fingerprint density at radius 1 is 1.12 bits per heavy atom. The molecule has 1 aromatic rings. The van der Waals surface area contributed by atoms with Gasteiger partial charge in [-0.15, -0.1) is 0 Å². The van der Waals surface area contributed by atoms with Crippen molar-refractivity contribution in [2.45, 2.75) is 32.1 Å². The predicted molar refractivity (Wildman–Crippen MR) is 88.4 cm³/mol. The van der Waals surface area contributed by atoms with Crippen molar-refractivity contribution >= 4 is 11.8 Å². The molecule has 0 aliphatic heterocycles. The third-order valence-electron chi connectivity index (χ3n) is 5.38. The van der Waals surface area contributed by atoms with Gasteiger partial charge in [0.25, 0.3) is 0 Å². The molecule has 2 saturated carbocycles. The van der Waals surface area contributed by atoms with Crippen LogP contribution in [0.25, 0.3) is 0 Å². The number of carbonyl (C=O) groups is 2. The van der Waals surface area contributed by atoms with E-state index in [1.54, 1.807) is 18.2 Å². The lowest BCUT2D eigenvalue weighted by Crippen LogP contribution is -2.20. The third kappa shape index (κ3) is 3.55. The highest BCUT2D eigenvalue weighted by atomic mass is 16.5. The number of carbonyl (C=O) groups excluding carboxylic acids is 2. The van der Waals surface area contributed by atoms with Crippen molar-refractivity contribution in [3.05, 3.63) is 23.8 Å². The van der Waals surface area contributed by atoms with E-state index < -0.39 is 0 Å². The normalized spacial score (nSPS) is 24.7. The first-order valence-electron chi connectivity index (χ1n) is 8.51. The van der Waals surface area contributed by atoms with Gasteiger partial charge in [0.15, 0.2) is 6.61 Å². The van der Waals surface area contributed by atoms with Crippen molar-refractivity contribution in [2.24, 2.45) is 17.8 Å². The molecule has 3 rings (SSSR count). The second-order valence-corrected chi connectivity index (χ2v) is 6.79. The van der Waals surface area contributed by atoms with E-state index in [0.717, 1.165) is 12.3 Å². The van der Waals surface area contributed by atoms with E-state index in [1.165, 1.54) is 33.5 Å². The summed E-state index contributed by atoms with van der Waals surface area (Å²) in [5.41, 5.74) is 0.365. The summed E-state index contributed by atoms with van der Waals surface area (Å²) in [6.45, 7) is -0.261. The summed E-state index contributed by atoms with van der Waals surface area (Å²) < 4.78 is 15.5. The number of ketones is 1. The number of ether oxygens (including phenoxy) is 3. The molecule has 130 valence electrons. The largest absolute Gasteiger partial charge is 0.497 e. The van der Waals surface area contributed by atoms with Crippen molar-refractivity contribution in [3.63, 3.8) is 0 Å². The van der Waals surface area contributed by atoms with Gasteiger partial charge in [-0.25, -0.2) is 0 Å². The first-order chi connectivity index (χ1) is 11.6. The van der Waals surface area contributed by atoms with Crippen LogP contribution in [0, 0.1) is 17.8 Å². The average molecular weight is 332 g/mol. The van der Waals surface area contributed by atoms with Gasteiger partial charge in [0.2, 0.25) is 5.78 Å². The molecule has 5 heteroatoms. The van der Waals surface area contributed by atoms with E-state index in [1.807, 2.05) is 0 Å². The smallest absolute Gasteiger partial charge is 0.306 e. The van der Waals surface area contributed by atoms with Crippen molar-refractivity contribution < 1.29 is 23.8 Å². The molecule has 0 spiro atoms. The van der Waals surface area contributed by atoms with E-state index in [9.17, 15) is 9.59 Å². The molecule has 2 fully saturated rings. The first-order valence-corrected chi connectivity index (χ1v) is 8.51.